The van der Waals surface area contributed by atoms with E-state index in [9.17, 15) is 4.79 Å². The predicted octanol–water partition coefficient (Wildman–Crippen LogP) is 2.96. The summed E-state index contributed by atoms with van der Waals surface area (Å²) in [5, 5.41) is 2.88. The van der Waals surface area contributed by atoms with Gasteiger partial charge in [0.15, 0.2) is 0 Å². The largest absolute Gasteiger partial charge is 0.497 e. The first kappa shape index (κ1) is 20.8. The molecule has 1 amide bonds. The average Bonchev–Trinajstić information content (AvgIpc) is 2.61. The highest BCUT2D eigenvalue weighted by Gasteiger charge is 2.13. The molecule has 25 heavy (non-hydrogen) atoms. The lowest BCUT2D eigenvalue weighted by atomic mass is 10.1. The van der Waals surface area contributed by atoms with Crippen molar-refractivity contribution < 1.29 is 14.3 Å². The first-order valence-electron chi connectivity index (χ1n) is 7.95. The van der Waals surface area contributed by atoms with Crippen LogP contribution in [-0.2, 0) is 22.6 Å². The van der Waals surface area contributed by atoms with Crippen molar-refractivity contribution in [3.63, 3.8) is 0 Å². The van der Waals surface area contributed by atoms with Gasteiger partial charge >= 0.3 is 0 Å². The maximum absolute atomic E-state index is 12.1. The fraction of sp³-hybridized carbons (Fsp3) is 0.316. The first-order valence-corrected chi connectivity index (χ1v) is 7.95. The minimum Gasteiger partial charge on any atom is -0.497 e. The van der Waals surface area contributed by atoms with Crippen LogP contribution >= 0.6 is 12.4 Å². The number of anilines is 1. The number of benzene rings is 2. The van der Waals surface area contributed by atoms with Crippen molar-refractivity contribution in [3.05, 3.63) is 59.7 Å². The number of hydrogen-bond donors (Lipinski definition) is 2. The maximum atomic E-state index is 12.1. The van der Waals surface area contributed by atoms with Gasteiger partial charge in [-0.3, -0.25) is 4.79 Å². The van der Waals surface area contributed by atoms with Crippen LogP contribution in [0.4, 0.5) is 5.69 Å². The SMILES string of the molecule is COc1cccc(COC(C)C(=O)NCCc2ccc(N)cc2)c1.Cl. The molecule has 0 heterocycles. The summed E-state index contributed by atoms with van der Waals surface area (Å²) >= 11 is 0. The van der Waals surface area contributed by atoms with Crippen molar-refractivity contribution in [2.45, 2.75) is 26.1 Å². The Balaban J connectivity index is 0.00000312. The number of carbonyl (C=O) groups excluding carboxylic acids is 1. The molecule has 0 aliphatic heterocycles. The van der Waals surface area contributed by atoms with Crippen molar-refractivity contribution in [2.75, 3.05) is 19.4 Å². The molecule has 1 unspecified atom stereocenters. The van der Waals surface area contributed by atoms with Gasteiger partial charge in [0.25, 0.3) is 0 Å². The van der Waals surface area contributed by atoms with Gasteiger partial charge in [-0.15, -0.1) is 12.4 Å². The second kappa shape index (κ2) is 10.6. The van der Waals surface area contributed by atoms with Crippen LogP contribution in [0.3, 0.4) is 0 Å². The molecule has 6 heteroatoms. The molecular weight excluding hydrogens is 340 g/mol. The molecule has 2 rings (SSSR count). The van der Waals surface area contributed by atoms with E-state index in [2.05, 4.69) is 5.32 Å². The molecule has 1 atom stereocenters. The molecule has 0 aliphatic carbocycles. The number of carbonyl (C=O) groups is 1. The number of methoxy groups -OCH3 is 1. The molecule has 0 saturated heterocycles. The Morgan fingerprint density at radius 3 is 2.56 bits per heavy atom. The Bertz CT molecular complexity index is 662. The van der Waals surface area contributed by atoms with Gasteiger partial charge in [0.05, 0.1) is 13.7 Å². The number of nitrogens with one attached hydrogen (secondary N) is 1. The molecule has 0 spiro atoms. The number of nitrogen functional groups attached to an aromatic ring is 1. The summed E-state index contributed by atoms with van der Waals surface area (Å²) in [5.41, 5.74) is 8.49. The lowest BCUT2D eigenvalue weighted by Crippen LogP contribution is -2.35. The van der Waals surface area contributed by atoms with Crippen LogP contribution in [0.25, 0.3) is 0 Å². The van der Waals surface area contributed by atoms with E-state index in [4.69, 9.17) is 15.2 Å². The van der Waals surface area contributed by atoms with Crippen molar-refractivity contribution in [1.82, 2.24) is 5.32 Å². The van der Waals surface area contributed by atoms with Crippen LogP contribution < -0.4 is 15.8 Å². The van der Waals surface area contributed by atoms with Crippen LogP contribution in [0.2, 0.25) is 0 Å². The number of nitrogens with two attached hydrogens (primary N) is 1. The number of hydrogen-bond acceptors (Lipinski definition) is 4. The smallest absolute Gasteiger partial charge is 0.248 e. The summed E-state index contributed by atoms with van der Waals surface area (Å²) in [5.74, 6) is 0.657. The van der Waals surface area contributed by atoms with E-state index in [1.54, 1.807) is 14.0 Å². The third-order valence-electron chi connectivity index (χ3n) is 3.70. The molecule has 0 saturated carbocycles. The fourth-order valence-electron chi connectivity index (χ4n) is 2.22. The Morgan fingerprint density at radius 1 is 1.16 bits per heavy atom. The maximum Gasteiger partial charge on any atom is 0.248 e. The lowest BCUT2D eigenvalue weighted by Gasteiger charge is -2.14. The van der Waals surface area contributed by atoms with Gasteiger partial charge in [0.2, 0.25) is 5.91 Å². The van der Waals surface area contributed by atoms with Crippen molar-refractivity contribution in [1.29, 1.82) is 0 Å². The molecular formula is C19H25ClN2O3. The molecule has 0 fully saturated rings. The third-order valence-corrected chi connectivity index (χ3v) is 3.70. The molecule has 0 aliphatic rings. The van der Waals surface area contributed by atoms with Crippen LogP contribution in [0.5, 0.6) is 5.75 Å². The second-order valence-electron chi connectivity index (χ2n) is 5.59. The van der Waals surface area contributed by atoms with Crippen molar-refractivity contribution in [3.8, 4) is 5.75 Å². The molecule has 0 radical (unpaired) electrons. The number of ether oxygens (including phenoxy) is 2. The number of halogens is 1. The quantitative estimate of drug-likeness (QED) is 0.706. The highest BCUT2D eigenvalue weighted by Crippen LogP contribution is 2.14. The molecule has 5 nitrogen and oxygen atoms in total. The molecule has 0 aromatic heterocycles. The van der Waals surface area contributed by atoms with Crippen molar-refractivity contribution >= 4 is 24.0 Å². The zero-order chi connectivity index (χ0) is 17.4. The summed E-state index contributed by atoms with van der Waals surface area (Å²) in [6.45, 7) is 2.68. The van der Waals surface area contributed by atoms with E-state index < -0.39 is 6.10 Å². The van der Waals surface area contributed by atoms with Crippen molar-refractivity contribution in [2.24, 2.45) is 0 Å². The Labute approximate surface area is 154 Å². The monoisotopic (exact) mass is 364 g/mol. The van der Waals surface area contributed by atoms with Gasteiger partial charge in [-0.1, -0.05) is 24.3 Å². The minimum atomic E-state index is -0.511. The lowest BCUT2D eigenvalue weighted by molar-refractivity contribution is -0.132. The van der Waals surface area contributed by atoms with Gasteiger partial charge in [-0.2, -0.15) is 0 Å². The Kier molecular flexibility index (Phi) is 8.81. The van der Waals surface area contributed by atoms with Crippen LogP contribution in [-0.4, -0.2) is 25.7 Å². The van der Waals surface area contributed by atoms with Gasteiger partial charge in [-0.25, -0.2) is 0 Å². The van der Waals surface area contributed by atoms with Gasteiger partial charge in [-0.05, 0) is 48.7 Å². The Hall–Kier alpha value is -2.24. The number of amides is 1. The zero-order valence-electron chi connectivity index (χ0n) is 14.5. The summed E-state index contributed by atoms with van der Waals surface area (Å²) in [4.78, 5) is 12.1. The fourth-order valence-corrected chi connectivity index (χ4v) is 2.22. The van der Waals surface area contributed by atoms with Gasteiger partial charge in [0, 0.05) is 12.2 Å². The molecule has 2 aromatic rings. The van der Waals surface area contributed by atoms with Crippen LogP contribution in [0.15, 0.2) is 48.5 Å². The molecule has 136 valence electrons. The first-order chi connectivity index (χ1) is 11.6. The van der Waals surface area contributed by atoms with Crippen LogP contribution in [0, 0.1) is 0 Å². The predicted molar refractivity (Wildman–Crippen MR) is 102 cm³/mol. The van der Waals surface area contributed by atoms with E-state index in [0.717, 1.165) is 29.0 Å². The topological polar surface area (TPSA) is 73.6 Å². The second-order valence-corrected chi connectivity index (χ2v) is 5.59. The highest BCUT2D eigenvalue weighted by atomic mass is 35.5. The van der Waals surface area contributed by atoms with E-state index in [1.807, 2.05) is 48.5 Å². The van der Waals surface area contributed by atoms with E-state index in [-0.39, 0.29) is 18.3 Å². The van der Waals surface area contributed by atoms with Gasteiger partial charge in [0.1, 0.15) is 11.9 Å². The van der Waals surface area contributed by atoms with Gasteiger partial charge < -0.3 is 20.5 Å². The summed E-state index contributed by atoms with van der Waals surface area (Å²) in [6, 6.07) is 15.2. The highest BCUT2D eigenvalue weighted by molar-refractivity contribution is 5.85. The Morgan fingerprint density at radius 2 is 1.88 bits per heavy atom. The molecule has 0 bridgehead atoms. The summed E-state index contributed by atoms with van der Waals surface area (Å²) < 4.78 is 10.8. The van der Waals surface area contributed by atoms with E-state index in [0.29, 0.717) is 13.2 Å². The standard InChI is InChI=1S/C19H24N2O3.ClH/c1-14(24-13-16-4-3-5-18(12-16)23-2)19(22)21-11-10-15-6-8-17(20)9-7-15;/h3-9,12,14H,10-11,13,20H2,1-2H3,(H,21,22);1H. The normalized spacial score (nSPS) is 11.3. The molecule has 2 aromatic carbocycles. The molecule has 3 N–H and O–H groups in total. The minimum absolute atomic E-state index is 0. The van der Waals surface area contributed by atoms with E-state index in [1.165, 1.54) is 0 Å². The average molecular weight is 365 g/mol. The summed E-state index contributed by atoms with van der Waals surface area (Å²) in [6.07, 6.45) is 0.247. The third kappa shape index (κ3) is 7.03. The van der Waals surface area contributed by atoms with E-state index >= 15 is 0 Å². The number of rotatable bonds is 8. The summed E-state index contributed by atoms with van der Waals surface area (Å²) in [7, 11) is 1.62. The zero-order valence-corrected chi connectivity index (χ0v) is 15.3. The van der Waals surface area contributed by atoms with Crippen LogP contribution in [0.1, 0.15) is 18.1 Å².